The zero-order chi connectivity index (χ0) is 13.3. The second kappa shape index (κ2) is 4.86. The molecule has 2 rings (SSSR count). The van der Waals surface area contributed by atoms with Gasteiger partial charge in [-0.25, -0.2) is 9.59 Å². The van der Waals surface area contributed by atoms with E-state index in [0.29, 0.717) is 5.92 Å². The van der Waals surface area contributed by atoms with Crippen molar-refractivity contribution in [3.63, 3.8) is 0 Å². The van der Waals surface area contributed by atoms with E-state index in [4.69, 9.17) is 16.7 Å². The fourth-order valence-corrected chi connectivity index (χ4v) is 1.95. The Morgan fingerprint density at radius 1 is 1.44 bits per heavy atom. The maximum Gasteiger partial charge on any atom is 0.339 e. The summed E-state index contributed by atoms with van der Waals surface area (Å²) in [6, 6.07) is 4.33. The molecule has 1 fully saturated rings. The molecule has 0 saturated heterocycles. The Kier molecular flexibility index (Phi) is 3.43. The Balaban J connectivity index is 2.11. The molecule has 0 aromatic heterocycles. The molecule has 1 aromatic carbocycles. The minimum atomic E-state index is -1.17. The van der Waals surface area contributed by atoms with Gasteiger partial charge in [-0.1, -0.05) is 24.6 Å². The van der Waals surface area contributed by atoms with Crippen LogP contribution in [0.4, 0.5) is 10.5 Å². The van der Waals surface area contributed by atoms with Gasteiger partial charge in [0.15, 0.2) is 0 Å². The molecule has 96 valence electrons. The number of carboxylic acids is 1. The van der Waals surface area contributed by atoms with E-state index in [2.05, 4.69) is 10.6 Å². The van der Waals surface area contributed by atoms with Gasteiger partial charge in [-0.05, 0) is 24.5 Å². The highest BCUT2D eigenvalue weighted by Gasteiger charge is 2.34. The number of carbonyl (C=O) groups is 2. The van der Waals surface area contributed by atoms with Crippen molar-refractivity contribution < 1.29 is 14.7 Å². The summed E-state index contributed by atoms with van der Waals surface area (Å²) in [5, 5.41) is 14.4. The Hall–Kier alpha value is -1.75. The van der Waals surface area contributed by atoms with Crippen molar-refractivity contribution in [2.45, 2.75) is 19.4 Å². The second-order valence-electron chi connectivity index (χ2n) is 4.39. The van der Waals surface area contributed by atoms with Crippen LogP contribution in [-0.4, -0.2) is 23.1 Å². The van der Waals surface area contributed by atoms with Crippen LogP contribution in [0.2, 0.25) is 5.02 Å². The van der Waals surface area contributed by atoms with E-state index in [1.165, 1.54) is 12.1 Å². The molecule has 1 aromatic rings. The van der Waals surface area contributed by atoms with Gasteiger partial charge in [0.05, 0.1) is 10.7 Å². The van der Waals surface area contributed by atoms with Gasteiger partial charge < -0.3 is 15.7 Å². The molecule has 2 atom stereocenters. The molecule has 0 radical (unpaired) electrons. The van der Waals surface area contributed by atoms with Gasteiger partial charge in [-0.2, -0.15) is 0 Å². The van der Waals surface area contributed by atoms with Crippen molar-refractivity contribution in [3.8, 4) is 0 Å². The lowest BCUT2D eigenvalue weighted by atomic mass is 10.2. The minimum absolute atomic E-state index is 0.0973. The van der Waals surface area contributed by atoms with Crippen LogP contribution >= 0.6 is 11.6 Å². The van der Waals surface area contributed by atoms with Crippen LogP contribution in [0, 0.1) is 5.92 Å². The highest BCUT2D eigenvalue weighted by molar-refractivity contribution is 6.34. The number of anilines is 1. The van der Waals surface area contributed by atoms with Crippen LogP contribution in [0.1, 0.15) is 23.7 Å². The standard InChI is InChI=1S/C12H13ClN2O3/c1-6-5-9(6)15-12(18)14-8-4-2-3-7(13)10(8)11(16)17/h2-4,6,9H,5H2,1H3,(H,16,17)(H2,14,15,18). The van der Waals surface area contributed by atoms with Crippen molar-refractivity contribution in [2.24, 2.45) is 5.92 Å². The summed E-state index contributed by atoms with van der Waals surface area (Å²) in [6.45, 7) is 2.03. The van der Waals surface area contributed by atoms with Crippen molar-refractivity contribution >= 4 is 29.3 Å². The maximum absolute atomic E-state index is 11.6. The van der Waals surface area contributed by atoms with Crippen molar-refractivity contribution in [2.75, 3.05) is 5.32 Å². The summed E-state index contributed by atoms with van der Waals surface area (Å²) >= 11 is 5.80. The third-order valence-corrected chi connectivity index (χ3v) is 3.22. The number of halogens is 1. The van der Waals surface area contributed by atoms with E-state index in [-0.39, 0.29) is 22.3 Å². The number of nitrogens with one attached hydrogen (secondary N) is 2. The quantitative estimate of drug-likeness (QED) is 0.788. The molecule has 5 nitrogen and oxygen atoms in total. The van der Waals surface area contributed by atoms with Crippen LogP contribution in [0.3, 0.4) is 0 Å². The predicted octanol–water partition coefficient (Wildman–Crippen LogP) is 2.57. The number of rotatable bonds is 3. The first-order valence-corrected chi connectivity index (χ1v) is 5.96. The van der Waals surface area contributed by atoms with Crippen LogP contribution < -0.4 is 10.6 Å². The van der Waals surface area contributed by atoms with E-state index < -0.39 is 12.0 Å². The third-order valence-electron chi connectivity index (χ3n) is 2.90. The van der Waals surface area contributed by atoms with E-state index >= 15 is 0 Å². The summed E-state index contributed by atoms with van der Waals surface area (Å²) in [6.07, 6.45) is 0.953. The fourth-order valence-electron chi connectivity index (χ4n) is 1.70. The predicted molar refractivity (Wildman–Crippen MR) is 68.1 cm³/mol. The molecule has 1 aliphatic carbocycles. The van der Waals surface area contributed by atoms with Gasteiger partial charge in [0.2, 0.25) is 0 Å². The summed E-state index contributed by atoms with van der Waals surface area (Å²) in [4.78, 5) is 22.7. The lowest BCUT2D eigenvalue weighted by Gasteiger charge is -2.10. The summed E-state index contributed by atoms with van der Waals surface area (Å²) in [7, 11) is 0. The van der Waals surface area contributed by atoms with Crippen LogP contribution in [-0.2, 0) is 0 Å². The first-order chi connectivity index (χ1) is 8.49. The van der Waals surface area contributed by atoms with E-state index in [0.717, 1.165) is 6.42 Å². The van der Waals surface area contributed by atoms with Gasteiger partial charge in [0.1, 0.15) is 5.56 Å². The zero-order valence-corrected chi connectivity index (χ0v) is 10.5. The number of carboxylic acid groups (broad SMARTS) is 1. The number of benzene rings is 1. The molecule has 0 spiro atoms. The summed E-state index contributed by atoms with van der Waals surface area (Å²) in [5.41, 5.74) is 0.0963. The maximum atomic E-state index is 11.6. The molecular formula is C12H13ClN2O3. The average molecular weight is 269 g/mol. The molecule has 0 aliphatic heterocycles. The Labute approximate surface area is 109 Å². The number of hydrogen-bond donors (Lipinski definition) is 3. The summed E-state index contributed by atoms with van der Waals surface area (Å²) < 4.78 is 0. The Morgan fingerprint density at radius 2 is 2.11 bits per heavy atom. The van der Waals surface area contributed by atoms with Gasteiger partial charge >= 0.3 is 12.0 Å². The van der Waals surface area contributed by atoms with Crippen molar-refractivity contribution in [1.82, 2.24) is 5.32 Å². The van der Waals surface area contributed by atoms with E-state index in [1.54, 1.807) is 6.07 Å². The average Bonchev–Trinajstić information content (AvgIpc) is 2.93. The van der Waals surface area contributed by atoms with Crippen LogP contribution in [0.25, 0.3) is 0 Å². The van der Waals surface area contributed by atoms with Gasteiger partial charge in [-0.15, -0.1) is 0 Å². The molecule has 0 bridgehead atoms. The highest BCUT2D eigenvalue weighted by Crippen LogP contribution is 2.29. The molecule has 0 heterocycles. The van der Waals surface area contributed by atoms with Crippen molar-refractivity contribution in [1.29, 1.82) is 0 Å². The molecular weight excluding hydrogens is 256 g/mol. The monoisotopic (exact) mass is 268 g/mol. The highest BCUT2D eigenvalue weighted by atomic mass is 35.5. The van der Waals surface area contributed by atoms with Gasteiger partial charge in [-0.3, -0.25) is 0 Å². The first kappa shape index (κ1) is 12.7. The second-order valence-corrected chi connectivity index (χ2v) is 4.79. The number of hydrogen-bond acceptors (Lipinski definition) is 2. The normalized spacial score (nSPS) is 21.2. The Morgan fingerprint density at radius 3 is 2.67 bits per heavy atom. The number of urea groups is 1. The third kappa shape index (κ3) is 2.73. The number of carbonyl (C=O) groups excluding carboxylic acids is 1. The smallest absolute Gasteiger partial charge is 0.339 e. The van der Waals surface area contributed by atoms with Gasteiger partial charge in [0.25, 0.3) is 0 Å². The summed E-state index contributed by atoms with van der Waals surface area (Å²) in [5.74, 6) is -0.690. The number of aromatic carboxylic acids is 1. The molecule has 1 aliphatic rings. The van der Waals surface area contributed by atoms with Crippen LogP contribution in [0.5, 0.6) is 0 Å². The number of amides is 2. The molecule has 3 N–H and O–H groups in total. The van der Waals surface area contributed by atoms with Crippen molar-refractivity contribution in [3.05, 3.63) is 28.8 Å². The topological polar surface area (TPSA) is 78.4 Å². The van der Waals surface area contributed by atoms with Gasteiger partial charge in [0, 0.05) is 6.04 Å². The lowest BCUT2D eigenvalue weighted by molar-refractivity contribution is 0.0698. The zero-order valence-electron chi connectivity index (χ0n) is 9.74. The molecule has 2 amide bonds. The molecule has 1 saturated carbocycles. The van der Waals surface area contributed by atoms with E-state index in [1.807, 2.05) is 6.92 Å². The molecule has 2 unspecified atom stereocenters. The van der Waals surface area contributed by atoms with Crippen LogP contribution in [0.15, 0.2) is 18.2 Å². The minimum Gasteiger partial charge on any atom is -0.478 e. The first-order valence-electron chi connectivity index (χ1n) is 5.58. The molecule has 6 heteroatoms. The SMILES string of the molecule is CC1CC1NC(=O)Nc1cccc(Cl)c1C(=O)O. The molecule has 18 heavy (non-hydrogen) atoms. The largest absolute Gasteiger partial charge is 0.478 e. The lowest BCUT2D eigenvalue weighted by Crippen LogP contribution is -2.31. The fraction of sp³-hybridized carbons (Fsp3) is 0.333. The Bertz CT molecular complexity index is 504. The van der Waals surface area contributed by atoms with E-state index in [9.17, 15) is 9.59 Å².